The lowest BCUT2D eigenvalue weighted by atomic mass is 9.44. The molecule has 0 spiro atoms. The maximum Gasteiger partial charge on any atom is 0.0797 e. The zero-order valence-corrected chi connectivity index (χ0v) is 15.6. The van der Waals surface area contributed by atoms with Crippen LogP contribution in [0.1, 0.15) is 73.1 Å². The third-order valence-corrected chi connectivity index (χ3v) is 7.37. The SMILES string of the molecule is C=C[C@](C)(O)CC[C@@H]1[C@@]2(C)CC[C@@H](O)C(C)(C)[C@@H]2CC[C@@]1(C)O. The Morgan fingerprint density at radius 3 is 2.35 bits per heavy atom. The number of aliphatic hydroxyl groups excluding tert-OH is 1. The summed E-state index contributed by atoms with van der Waals surface area (Å²) in [5, 5.41) is 31.9. The molecule has 0 aromatic heterocycles. The molecular weight excluding hydrogens is 288 g/mol. The molecule has 0 bridgehead atoms. The van der Waals surface area contributed by atoms with Crippen molar-refractivity contribution < 1.29 is 15.3 Å². The number of fused-ring (bicyclic) bond motifs is 1. The van der Waals surface area contributed by atoms with Gasteiger partial charge >= 0.3 is 0 Å². The van der Waals surface area contributed by atoms with Crippen molar-refractivity contribution in [2.24, 2.45) is 22.7 Å². The monoisotopic (exact) mass is 324 g/mol. The largest absolute Gasteiger partial charge is 0.393 e. The molecule has 6 atom stereocenters. The van der Waals surface area contributed by atoms with Gasteiger partial charge in [-0.2, -0.15) is 0 Å². The molecule has 0 heterocycles. The van der Waals surface area contributed by atoms with Crippen LogP contribution in [0.15, 0.2) is 12.7 Å². The van der Waals surface area contributed by atoms with Gasteiger partial charge in [0.2, 0.25) is 0 Å². The molecular formula is C20H36O3. The van der Waals surface area contributed by atoms with Gasteiger partial charge in [-0.3, -0.25) is 0 Å². The van der Waals surface area contributed by atoms with Crippen LogP contribution in [0.2, 0.25) is 0 Å². The molecule has 2 fully saturated rings. The first-order valence-electron chi connectivity index (χ1n) is 9.13. The predicted molar refractivity (Wildman–Crippen MR) is 94.0 cm³/mol. The minimum Gasteiger partial charge on any atom is -0.393 e. The van der Waals surface area contributed by atoms with Gasteiger partial charge in [-0.15, -0.1) is 6.58 Å². The summed E-state index contributed by atoms with van der Waals surface area (Å²) in [5.74, 6) is 0.532. The normalized spacial score (nSPS) is 45.8. The lowest BCUT2D eigenvalue weighted by molar-refractivity contribution is -0.197. The summed E-state index contributed by atoms with van der Waals surface area (Å²) >= 11 is 0. The van der Waals surface area contributed by atoms with Gasteiger partial charge in [0.25, 0.3) is 0 Å². The Morgan fingerprint density at radius 2 is 1.78 bits per heavy atom. The van der Waals surface area contributed by atoms with Gasteiger partial charge in [0, 0.05) is 0 Å². The van der Waals surface area contributed by atoms with Crippen LogP contribution in [0.4, 0.5) is 0 Å². The van der Waals surface area contributed by atoms with Crippen molar-refractivity contribution >= 4 is 0 Å². The van der Waals surface area contributed by atoms with E-state index in [9.17, 15) is 15.3 Å². The summed E-state index contributed by atoms with van der Waals surface area (Å²) in [5.41, 5.74) is -1.71. The zero-order valence-electron chi connectivity index (χ0n) is 15.6. The Kier molecular flexibility index (Phi) is 4.83. The highest BCUT2D eigenvalue weighted by atomic mass is 16.3. The molecule has 0 aliphatic heterocycles. The van der Waals surface area contributed by atoms with E-state index in [1.54, 1.807) is 13.0 Å². The first-order valence-corrected chi connectivity index (χ1v) is 9.13. The standard InChI is InChI=1S/C20H36O3/c1-7-18(4,22)11-8-15-19(5)12-10-16(21)17(2,3)14(19)9-13-20(15,6)23/h7,14-16,21-23H,1,8-13H2,2-6H3/t14-,15+,16+,18-,19-,20+/m0/s1. The van der Waals surface area contributed by atoms with Gasteiger partial charge in [-0.1, -0.05) is 26.8 Å². The zero-order chi connectivity index (χ0) is 17.7. The molecule has 0 amide bonds. The lowest BCUT2D eigenvalue weighted by Gasteiger charge is -2.62. The second-order valence-corrected chi connectivity index (χ2v) is 9.48. The molecule has 2 saturated carbocycles. The topological polar surface area (TPSA) is 60.7 Å². The first kappa shape index (κ1) is 19.0. The Balaban J connectivity index is 2.31. The highest BCUT2D eigenvalue weighted by molar-refractivity contribution is 5.10. The van der Waals surface area contributed by atoms with Gasteiger partial charge in [0.1, 0.15) is 0 Å². The molecule has 0 unspecified atom stereocenters. The maximum atomic E-state index is 11.1. The van der Waals surface area contributed by atoms with Gasteiger partial charge < -0.3 is 15.3 Å². The summed E-state index contributed by atoms with van der Waals surface area (Å²) in [7, 11) is 0. The quantitative estimate of drug-likeness (QED) is 0.692. The molecule has 2 aliphatic carbocycles. The van der Waals surface area contributed by atoms with E-state index in [0.29, 0.717) is 12.3 Å². The van der Waals surface area contributed by atoms with Crippen molar-refractivity contribution in [3.8, 4) is 0 Å². The van der Waals surface area contributed by atoms with Gasteiger partial charge in [0.05, 0.1) is 17.3 Å². The van der Waals surface area contributed by atoms with Crippen LogP contribution in [0.25, 0.3) is 0 Å². The molecule has 3 nitrogen and oxygen atoms in total. The Hall–Kier alpha value is -0.380. The first-order chi connectivity index (χ1) is 10.4. The molecule has 0 saturated heterocycles. The molecule has 134 valence electrons. The fourth-order valence-corrected chi connectivity index (χ4v) is 5.70. The minimum atomic E-state index is -0.886. The van der Waals surface area contributed by atoms with Gasteiger partial charge in [-0.25, -0.2) is 0 Å². The maximum absolute atomic E-state index is 11.1. The van der Waals surface area contributed by atoms with Crippen molar-refractivity contribution in [2.75, 3.05) is 0 Å². The minimum absolute atomic E-state index is 0.00172. The molecule has 3 N–H and O–H groups in total. The molecule has 0 radical (unpaired) electrons. The van der Waals surface area contributed by atoms with Crippen molar-refractivity contribution in [1.82, 2.24) is 0 Å². The van der Waals surface area contributed by atoms with Crippen LogP contribution >= 0.6 is 0 Å². The van der Waals surface area contributed by atoms with Crippen molar-refractivity contribution in [2.45, 2.75) is 90.4 Å². The van der Waals surface area contributed by atoms with E-state index in [1.165, 1.54) is 0 Å². The van der Waals surface area contributed by atoms with E-state index in [0.717, 1.165) is 32.1 Å². The summed E-state index contributed by atoms with van der Waals surface area (Å²) in [6.07, 6.45) is 6.20. The molecule has 2 aliphatic rings. The Bertz CT molecular complexity index is 452. The van der Waals surface area contributed by atoms with Gasteiger partial charge in [-0.05, 0) is 75.0 Å². The summed E-state index contributed by atoms with van der Waals surface area (Å²) in [6.45, 7) is 14.1. The highest BCUT2D eigenvalue weighted by Gasteiger charge is 2.59. The summed E-state index contributed by atoms with van der Waals surface area (Å²) < 4.78 is 0. The second kappa shape index (κ2) is 5.86. The van der Waals surface area contributed by atoms with E-state index < -0.39 is 11.2 Å². The van der Waals surface area contributed by atoms with Crippen LogP contribution in [0.3, 0.4) is 0 Å². The molecule has 0 aromatic carbocycles. The number of rotatable bonds is 4. The fraction of sp³-hybridized carbons (Fsp3) is 0.900. The average molecular weight is 325 g/mol. The van der Waals surface area contributed by atoms with E-state index >= 15 is 0 Å². The number of hydrogen-bond donors (Lipinski definition) is 3. The predicted octanol–water partition coefficient (Wildman–Crippen LogP) is 3.67. The van der Waals surface area contributed by atoms with E-state index in [1.807, 2.05) is 6.92 Å². The van der Waals surface area contributed by atoms with Gasteiger partial charge in [0.15, 0.2) is 0 Å². The third kappa shape index (κ3) is 3.25. The number of hydrogen-bond acceptors (Lipinski definition) is 3. The van der Waals surface area contributed by atoms with Crippen molar-refractivity contribution in [3.63, 3.8) is 0 Å². The Labute approximate surface area is 141 Å². The number of aliphatic hydroxyl groups is 3. The van der Waals surface area contributed by atoms with E-state index in [4.69, 9.17) is 0 Å². The van der Waals surface area contributed by atoms with E-state index in [2.05, 4.69) is 27.4 Å². The fourth-order valence-electron chi connectivity index (χ4n) is 5.70. The molecule has 2 rings (SSSR count). The second-order valence-electron chi connectivity index (χ2n) is 9.48. The van der Waals surface area contributed by atoms with Crippen molar-refractivity contribution in [1.29, 1.82) is 0 Å². The Morgan fingerprint density at radius 1 is 1.17 bits per heavy atom. The van der Waals surface area contributed by atoms with Crippen LogP contribution in [-0.4, -0.2) is 32.6 Å². The highest BCUT2D eigenvalue weighted by Crippen LogP contribution is 2.63. The third-order valence-electron chi connectivity index (χ3n) is 7.37. The lowest BCUT2D eigenvalue weighted by Crippen LogP contribution is -2.60. The summed E-state index contributed by atoms with van der Waals surface area (Å²) in [4.78, 5) is 0. The van der Waals surface area contributed by atoms with Crippen LogP contribution in [0, 0.1) is 22.7 Å². The van der Waals surface area contributed by atoms with E-state index in [-0.39, 0.29) is 22.9 Å². The average Bonchev–Trinajstić information content (AvgIpc) is 2.42. The smallest absolute Gasteiger partial charge is 0.0797 e. The molecule has 23 heavy (non-hydrogen) atoms. The molecule has 3 heteroatoms. The summed E-state index contributed by atoms with van der Waals surface area (Å²) in [6, 6.07) is 0. The van der Waals surface area contributed by atoms with Crippen LogP contribution in [0.5, 0.6) is 0 Å². The van der Waals surface area contributed by atoms with Crippen LogP contribution in [-0.2, 0) is 0 Å². The van der Waals surface area contributed by atoms with Crippen molar-refractivity contribution in [3.05, 3.63) is 12.7 Å². The molecule has 0 aromatic rings. The van der Waals surface area contributed by atoms with Crippen LogP contribution < -0.4 is 0 Å².